The fourth-order valence-corrected chi connectivity index (χ4v) is 2.30. The number of hydrogen-bond acceptors (Lipinski definition) is 5. The van der Waals surface area contributed by atoms with E-state index in [9.17, 15) is 14.7 Å². The van der Waals surface area contributed by atoms with E-state index in [0.29, 0.717) is 10.6 Å². The van der Waals surface area contributed by atoms with Crippen LogP contribution in [0.15, 0.2) is 0 Å². The van der Waals surface area contributed by atoms with Crippen molar-refractivity contribution in [1.82, 2.24) is 14.9 Å². The molecule has 1 unspecified atom stereocenters. The second-order valence-electron chi connectivity index (χ2n) is 5.75. The summed E-state index contributed by atoms with van der Waals surface area (Å²) in [5, 5.41) is 15.6. The predicted octanol–water partition coefficient (Wildman–Crippen LogP) is 1.89. The van der Waals surface area contributed by atoms with E-state index in [2.05, 4.69) is 14.9 Å². The van der Waals surface area contributed by atoms with Gasteiger partial charge in [0.1, 0.15) is 10.9 Å². The molecule has 0 aliphatic heterocycles. The zero-order valence-corrected chi connectivity index (χ0v) is 12.5. The minimum Gasteiger partial charge on any atom is -0.480 e. The molecule has 0 bridgehead atoms. The summed E-state index contributed by atoms with van der Waals surface area (Å²) in [5.74, 6) is -1.41. The number of nitrogens with zero attached hydrogens (tertiary/aromatic N) is 2. The van der Waals surface area contributed by atoms with Gasteiger partial charge in [-0.05, 0) is 22.9 Å². The SMILES string of the molecule is CC(C)c1nnsc1C(=O)NC(C(=O)O)C(C)(C)C. The molecular formula is C12H19N3O3S. The maximum absolute atomic E-state index is 12.1. The quantitative estimate of drug-likeness (QED) is 0.881. The highest BCUT2D eigenvalue weighted by molar-refractivity contribution is 7.08. The molecule has 1 rings (SSSR count). The molecule has 1 aromatic heterocycles. The van der Waals surface area contributed by atoms with Crippen LogP contribution < -0.4 is 5.32 Å². The minimum absolute atomic E-state index is 0.0671. The van der Waals surface area contributed by atoms with E-state index in [4.69, 9.17) is 0 Å². The molecule has 6 nitrogen and oxygen atoms in total. The standard InChI is InChI=1S/C12H19N3O3S/c1-6(2)7-8(19-15-14-7)10(16)13-9(11(17)18)12(3,4)5/h6,9H,1-5H3,(H,13,16)(H,17,18). The van der Waals surface area contributed by atoms with E-state index in [1.54, 1.807) is 20.8 Å². The fraction of sp³-hybridized carbons (Fsp3) is 0.667. The zero-order chi connectivity index (χ0) is 14.8. The van der Waals surface area contributed by atoms with Crippen molar-refractivity contribution in [3.63, 3.8) is 0 Å². The van der Waals surface area contributed by atoms with Crippen LogP contribution in [0.4, 0.5) is 0 Å². The fourth-order valence-electron chi connectivity index (χ4n) is 1.58. The van der Waals surface area contributed by atoms with Crippen molar-refractivity contribution in [2.75, 3.05) is 0 Å². The van der Waals surface area contributed by atoms with Crippen LogP contribution in [-0.4, -0.2) is 32.6 Å². The van der Waals surface area contributed by atoms with Crippen LogP contribution in [-0.2, 0) is 4.79 Å². The smallest absolute Gasteiger partial charge is 0.326 e. The monoisotopic (exact) mass is 285 g/mol. The van der Waals surface area contributed by atoms with Crippen molar-refractivity contribution in [2.45, 2.75) is 46.6 Å². The highest BCUT2D eigenvalue weighted by Crippen LogP contribution is 2.23. The highest BCUT2D eigenvalue weighted by Gasteiger charge is 2.34. The number of aliphatic carboxylic acids is 1. The van der Waals surface area contributed by atoms with Gasteiger partial charge in [-0.2, -0.15) is 0 Å². The largest absolute Gasteiger partial charge is 0.480 e. The molecule has 0 aromatic carbocycles. The lowest BCUT2D eigenvalue weighted by atomic mass is 9.86. The molecule has 1 heterocycles. The van der Waals surface area contributed by atoms with E-state index in [-0.39, 0.29) is 5.92 Å². The molecule has 0 spiro atoms. The Hall–Kier alpha value is -1.50. The van der Waals surface area contributed by atoms with E-state index >= 15 is 0 Å². The summed E-state index contributed by atoms with van der Waals surface area (Å²) in [6.45, 7) is 9.11. The van der Waals surface area contributed by atoms with Crippen LogP contribution in [0.5, 0.6) is 0 Å². The van der Waals surface area contributed by atoms with Crippen molar-refractivity contribution in [2.24, 2.45) is 5.41 Å². The van der Waals surface area contributed by atoms with Crippen molar-refractivity contribution >= 4 is 23.4 Å². The maximum Gasteiger partial charge on any atom is 0.326 e. The molecule has 0 aliphatic carbocycles. The van der Waals surface area contributed by atoms with Gasteiger partial charge in [0, 0.05) is 0 Å². The van der Waals surface area contributed by atoms with Gasteiger partial charge >= 0.3 is 5.97 Å². The van der Waals surface area contributed by atoms with Crippen LogP contribution in [0.1, 0.15) is 55.9 Å². The van der Waals surface area contributed by atoms with Crippen molar-refractivity contribution in [3.8, 4) is 0 Å². The van der Waals surface area contributed by atoms with Crippen LogP contribution in [0.3, 0.4) is 0 Å². The van der Waals surface area contributed by atoms with Crippen LogP contribution in [0, 0.1) is 5.41 Å². The van der Waals surface area contributed by atoms with Crippen LogP contribution in [0.25, 0.3) is 0 Å². The topological polar surface area (TPSA) is 92.2 Å². The third-order valence-electron chi connectivity index (χ3n) is 2.65. The molecule has 0 saturated heterocycles. The third kappa shape index (κ3) is 3.73. The summed E-state index contributed by atoms with van der Waals surface area (Å²) >= 11 is 0.984. The molecule has 1 amide bonds. The Morgan fingerprint density at radius 2 is 1.89 bits per heavy atom. The molecule has 1 atom stereocenters. The molecule has 2 N–H and O–H groups in total. The molecule has 106 valence electrons. The zero-order valence-electron chi connectivity index (χ0n) is 11.7. The molecule has 0 fully saturated rings. The van der Waals surface area contributed by atoms with Gasteiger partial charge in [-0.3, -0.25) is 4.79 Å². The number of aromatic nitrogens is 2. The molecule has 0 radical (unpaired) electrons. The summed E-state index contributed by atoms with van der Waals surface area (Å²) in [6.07, 6.45) is 0. The average molecular weight is 285 g/mol. The third-order valence-corrected chi connectivity index (χ3v) is 3.40. The first-order valence-electron chi connectivity index (χ1n) is 6.00. The summed E-state index contributed by atoms with van der Waals surface area (Å²) in [6, 6.07) is -0.956. The van der Waals surface area contributed by atoms with Gasteiger partial charge in [0.05, 0.1) is 5.69 Å². The summed E-state index contributed by atoms with van der Waals surface area (Å²) in [5.41, 5.74) is 0.0259. The number of carbonyl (C=O) groups excluding carboxylic acids is 1. The first kappa shape index (κ1) is 15.6. The van der Waals surface area contributed by atoms with Crippen molar-refractivity contribution in [1.29, 1.82) is 0 Å². The highest BCUT2D eigenvalue weighted by atomic mass is 32.1. The second kappa shape index (κ2) is 5.64. The van der Waals surface area contributed by atoms with E-state index in [1.807, 2.05) is 13.8 Å². The van der Waals surface area contributed by atoms with Gasteiger partial charge in [-0.1, -0.05) is 39.1 Å². The van der Waals surface area contributed by atoms with E-state index in [0.717, 1.165) is 11.5 Å². The summed E-state index contributed by atoms with van der Waals surface area (Å²) < 4.78 is 3.76. The van der Waals surface area contributed by atoms with Crippen LogP contribution in [0.2, 0.25) is 0 Å². The second-order valence-corrected chi connectivity index (χ2v) is 6.51. The Morgan fingerprint density at radius 3 is 2.32 bits per heavy atom. The van der Waals surface area contributed by atoms with Gasteiger partial charge < -0.3 is 10.4 Å². The number of rotatable bonds is 4. The molecule has 0 aliphatic rings. The average Bonchev–Trinajstić information content (AvgIpc) is 2.72. The van der Waals surface area contributed by atoms with Crippen molar-refractivity contribution in [3.05, 3.63) is 10.6 Å². The van der Waals surface area contributed by atoms with Gasteiger partial charge in [0.25, 0.3) is 5.91 Å². The van der Waals surface area contributed by atoms with Gasteiger partial charge in [-0.25, -0.2) is 4.79 Å². The molecule has 1 aromatic rings. The Balaban J connectivity index is 2.95. The summed E-state index contributed by atoms with van der Waals surface area (Å²) in [7, 11) is 0. The number of carbonyl (C=O) groups is 2. The normalized spacial score (nSPS) is 13.4. The number of carboxylic acids is 1. The maximum atomic E-state index is 12.1. The first-order valence-corrected chi connectivity index (χ1v) is 6.77. The Labute approximate surface area is 116 Å². The predicted molar refractivity (Wildman–Crippen MR) is 72.3 cm³/mol. The minimum atomic E-state index is -1.05. The molecular weight excluding hydrogens is 266 g/mol. The Kier molecular flexibility index (Phi) is 4.62. The van der Waals surface area contributed by atoms with Crippen LogP contribution >= 0.6 is 11.5 Å². The lowest BCUT2D eigenvalue weighted by Gasteiger charge is -2.27. The van der Waals surface area contributed by atoms with Gasteiger partial charge in [0.15, 0.2) is 0 Å². The van der Waals surface area contributed by atoms with Crippen molar-refractivity contribution < 1.29 is 14.7 Å². The molecule has 19 heavy (non-hydrogen) atoms. The Bertz CT molecular complexity index is 477. The van der Waals surface area contributed by atoms with E-state index < -0.39 is 23.3 Å². The summed E-state index contributed by atoms with van der Waals surface area (Å²) in [4.78, 5) is 23.8. The van der Waals surface area contributed by atoms with Gasteiger partial charge in [0.2, 0.25) is 0 Å². The lowest BCUT2D eigenvalue weighted by molar-refractivity contribution is -0.142. The molecule has 7 heteroatoms. The van der Waals surface area contributed by atoms with E-state index in [1.165, 1.54) is 0 Å². The lowest BCUT2D eigenvalue weighted by Crippen LogP contribution is -2.49. The number of carboxylic acid groups (broad SMARTS) is 1. The van der Waals surface area contributed by atoms with Gasteiger partial charge in [-0.15, -0.1) is 5.10 Å². The number of hydrogen-bond donors (Lipinski definition) is 2. The number of amides is 1. The number of nitrogens with one attached hydrogen (secondary N) is 1. The Morgan fingerprint density at radius 1 is 1.32 bits per heavy atom. The first-order chi connectivity index (χ1) is 8.64. The molecule has 0 saturated carbocycles.